The molecule has 1 spiro atoms. The highest BCUT2D eigenvalue weighted by Crippen LogP contribution is 2.31. The van der Waals surface area contributed by atoms with Gasteiger partial charge >= 0.3 is 11.9 Å². The molecule has 236 valence electrons. The smallest absolute Gasteiger partial charge is 0.335 e. The highest BCUT2D eigenvalue weighted by Gasteiger charge is 2.43. The zero-order chi connectivity index (χ0) is 32.3. The van der Waals surface area contributed by atoms with Crippen LogP contribution in [0.5, 0.6) is 0 Å². The molecule has 1 aromatic heterocycles. The van der Waals surface area contributed by atoms with E-state index in [-0.39, 0.29) is 18.1 Å². The molecular weight excluding hydrogens is 544 g/mol. The minimum atomic E-state index is -1.01. The molecule has 0 amide bonds. The van der Waals surface area contributed by atoms with E-state index in [9.17, 15) is 14.7 Å². The minimum Gasteiger partial charge on any atom is -0.478 e. The monoisotopic (exact) mass is 594 g/mol. The number of hydrogen-bond acceptors (Lipinski definition) is 7. The zero-order valence-electron chi connectivity index (χ0n) is 26.6. The number of likely N-dealkylation sites (tertiary alicyclic amines) is 1. The van der Waals surface area contributed by atoms with Crippen LogP contribution in [0.3, 0.4) is 0 Å². The highest BCUT2D eigenvalue weighted by molar-refractivity contribution is 5.90. The first-order valence-corrected chi connectivity index (χ1v) is 14.6. The quantitative estimate of drug-likeness (QED) is 0.163. The second-order valence-corrected chi connectivity index (χ2v) is 11.2. The second-order valence-electron chi connectivity index (χ2n) is 11.2. The van der Waals surface area contributed by atoms with Crippen LogP contribution in [0, 0.1) is 18.8 Å². The number of hydrogen-bond donors (Lipinski definition) is 1. The van der Waals surface area contributed by atoms with Gasteiger partial charge in [0.2, 0.25) is 0 Å². The molecule has 1 aromatic rings. The maximum atomic E-state index is 12.4. The van der Waals surface area contributed by atoms with E-state index in [1.165, 1.54) is 17.7 Å². The Balaban J connectivity index is 0.00000142. The summed E-state index contributed by atoms with van der Waals surface area (Å²) in [4.78, 5) is 28.1. The summed E-state index contributed by atoms with van der Waals surface area (Å²) >= 11 is 0. The average molecular weight is 595 g/mol. The molecule has 0 saturated carbocycles. The fourth-order valence-corrected chi connectivity index (χ4v) is 4.73. The Labute approximate surface area is 258 Å². The average Bonchev–Trinajstić information content (AvgIpc) is 3.30. The number of terminal acetylenes is 1. The number of allylic oxidation sites excluding steroid dienone is 5. The summed E-state index contributed by atoms with van der Waals surface area (Å²) in [6.07, 6.45) is 26.6. The fourth-order valence-electron chi connectivity index (χ4n) is 4.73. The maximum absolute atomic E-state index is 12.4. The number of piperidine rings is 1. The van der Waals surface area contributed by atoms with E-state index in [1.54, 1.807) is 19.3 Å². The van der Waals surface area contributed by atoms with Crippen molar-refractivity contribution >= 4 is 11.9 Å². The second kappa shape index (κ2) is 20.2. The van der Waals surface area contributed by atoms with E-state index >= 15 is 0 Å². The lowest BCUT2D eigenvalue weighted by atomic mass is 9.89. The molecule has 2 aliphatic heterocycles. The molecule has 0 atom stereocenters. The van der Waals surface area contributed by atoms with Crippen molar-refractivity contribution in [1.82, 2.24) is 19.6 Å². The molecule has 0 aliphatic carbocycles. The number of carboxylic acid groups (broad SMARTS) is 1. The van der Waals surface area contributed by atoms with E-state index in [1.807, 2.05) is 34.9 Å². The summed E-state index contributed by atoms with van der Waals surface area (Å²) in [5.74, 6) is -0.404. The Hall–Kier alpha value is -3.71. The lowest BCUT2D eigenvalue weighted by Crippen LogP contribution is -2.58. The predicted octanol–water partition coefficient (Wildman–Crippen LogP) is 4.58. The van der Waals surface area contributed by atoms with Gasteiger partial charge in [0.25, 0.3) is 0 Å². The molecule has 0 radical (unpaired) electrons. The van der Waals surface area contributed by atoms with Crippen LogP contribution in [-0.4, -0.2) is 88.7 Å². The van der Waals surface area contributed by atoms with Crippen LogP contribution < -0.4 is 0 Å². The van der Waals surface area contributed by atoms with Gasteiger partial charge in [0.1, 0.15) is 5.60 Å². The van der Waals surface area contributed by atoms with Gasteiger partial charge in [-0.15, -0.1) is 12.8 Å². The van der Waals surface area contributed by atoms with E-state index in [2.05, 4.69) is 62.5 Å². The number of rotatable bonds is 12. The van der Waals surface area contributed by atoms with E-state index in [0.29, 0.717) is 19.7 Å². The van der Waals surface area contributed by atoms with Gasteiger partial charge in [-0.05, 0) is 12.0 Å². The van der Waals surface area contributed by atoms with Crippen LogP contribution in [0.4, 0.5) is 0 Å². The molecule has 0 bridgehead atoms. The lowest BCUT2D eigenvalue weighted by molar-refractivity contribution is -0.180. The number of carbonyl (C=O) groups excluding carboxylic acids is 1. The Morgan fingerprint density at radius 2 is 1.84 bits per heavy atom. The van der Waals surface area contributed by atoms with Crippen molar-refractivity contribution in [3.8, 4) is 12.8 Å². The number of aromatic nitrogens is 2. The normalized spacial score (nSPS) is 17.6. The number of morpholine rings is 1. The van der Waals surface area contributed by atoms with Gasteiger partial charge in [0.15, 0.2) is 0 Å². The van der Waals surface area contributed by atoms with Crippen molar-refractivity contribution in [3.05, 3.63) is 78.2 Å². The van der Waals surface area contributed by atoms with Crippen molar-refractivity contribution in [2.45, 2.75) is 52.2 Å². The Bertz CT molecular complexity index is 1150. The SMILES string of the molecule is C#C.C=C/C=C(\C=C/CN1CC(=O)OC2(CCN(Cc3cn(C)nc3C/C=C\C=C/COC)CC2)C1)C(=O)O.CC(C)C. The van der Waals surface area contributed by atoms with E-state index in [4.69, 9.17) is 9.47 Å². The summed E-state index contributed by atoms with van der Waals surface area (Å²) in [6.45, 7) is 14.4. The third-order valence-corrected chi connectivity index (χ3v) is 6.51. The molecule has 3 heterocycles. The zero-order valence-corrected chi connectivity index (χ0v) is 26.6. The molecule has 2 fully saturated rings. The molecule has 9 nitrogen and oxygen atoms in total. The summed E-state index contributed by atoms with van der Waals surface area (Å²) in [6, 6.07) is 0. The molecule has 1 N–H and O–H groups in total. The van der Waals surface area contributed by atoms with Crippen LogP contribution in [0.25, 0.3) is 0 Å². The first kappa shape index (κ1) is 37.3. The highest BCUT2D eigenvalue weighted by atomic mass is 16.6. The third-order valence-electron chi connectivity index (χ3n) is 6.51. The number of methoxy groups -OCH3 is 1. The van der Waals surface area contributed by atoms with Crippen LogP contribution in [0.2, 0.25) is 0 Å². The summed E-state index contributed by atoms with van der Waals surface area (Å²) < 4.78 is 12.7. The first-order chi connectivity index (χ1) is 20.6. The number of esters is 1. The lowest BCUT2D eigenvalue weighted by Gasteiger charge is -2.46. The van der Waals surface area contributed by atoms with Crippen LogP contribution in [-0.2, 0) is 39.1 Å². The standard InChI is InChI=1S/C28H38N4O5.C4H10.C2H2/c1-4-10-23(27(34)35)11-9-15-32-21-26(33)37-28(22-32)13-16-31(17-14-28)20-24-19-30(2)29-25(24)12-7-5-6-8-18-36-3;1-4(2)3;1-2/h4-11,19H,1,12-18,20-22H2,2-3H3,(H,34,35);4H,1-3H3;1-2H/b7-5-,8-6-,11-9-,23-10+;;. The van der Waals surface area contributed by atoms with Crippen molar-refractivity contribution in [1.29, 1.82) is 0 Å². The Morgan fingerprint density at radius 1 is 1.19 bits per heavy atom. The number of aliphatic carboxylic acids is 1. The number of carboxylic acids is 1. The molecular formula is C34H50N4O5. The Morgan fingerprint density at radius 3 is 2.44 bits per heavy atom. The Kier molecular flexibility index (Phi) is 17.6. The van der Waals surface area contributed by atoms with Crippen LogP contribution >= 0.6 is 0 Å². The van der Waals surface area contributed by atoms with Gasteiger partial charge in [-0.2, -0.15) is 5.10 Å². The van der Waals surface area contributed by atoms with Gasteiger partial charge in [-0.1, -0.05) is 69.9 Å². The molecule has 3 rings (SSSR count). The maximum Gasteiger partial charge on any atom is 0.335 e. The molecule has 0 aromatic carbocycles. The summed E-state index contributed by atoms with van der Waals surface area (Å²) in [5, 5.41) is 13.9. The molecule has 43 heavy (non-hydrogen) atoms. The molecule has 0 unspecified atom stereocenters. The first-order valence-electron chi connectivity index (χ1n) is 14.6. The van der Waals surface area contributed by atoms with Gasteiger partial charge in [0.05, 0.1) is 24.4 Å². The van der Waals surface area contributed by atoms with E-state index < -0.39 is 11.6 Å². The predicted molar refractivity (Wildman–Crippen MR) is 172 cm³/mol. The van der Waals surface area contributed by atoms with Crippen LogP contribution in [0.15, 0.2) is 67.0 Å². The van der Waals surface area contributed by atoms with Gasteiger partial charge in [-0.3, -0.25) is 19.3 Å². The third kappa shape index (κ3) is 14.3. The van der Waals surface area contributed by atoms with Crippen molar-refractivity contribution < 1.29 is 24.2 Å². The van der Waals surface area contributed by atoms with E-state index in [0.717, 1.165) is 50.5 Å². The molecule has 9 heteroatoms. The van der Waals surface area contributed by atoms with Crippen LogP contribution in [0.1, 0.15) is 44.9 Å². The van der Waals surface area contributed by atoms with Gasteiger partial charge in [0, 0.05) is 77.9 Å². The number of carbonyl (C=O) groups is 2. The van der Waals surface area contributed by atoms with Gasteiger partial charge < -0.3 is 14.6 Å². The molecule has 2 aliphatic rings. The largest absolute Gasteiger partial charge is 0.478 e. The number of aryl methyl sites for hydroxylation is 1. The number of nitrogens with zero attached hydrogens (tertiary/aromatic N) is 4. The number of ether oxygens (including phenoxy) is 2. The fraction of sp³-hybridized carbons (Fsp3) is 0.500. The van der Waals surface area contributed by atoms with Crippen molar-refractivity contribution in [2.75, 3.05) is 46.4 Å². The topological polar surface area (TPSA) is 97.1 Å². The van der Waals surface area contributed by atoms with Crippen molar-refractivity contribution in [2.24, 2.45) is 13.0 Å². The summed E-state index contributed by atoms with van der Waals surface area (Å²) in [5.41, 5.74) is 1.93. The van der Waals surface area contributed by atoms with Crippen molar-refractivity contribution in [3.63, 3.8) is 0 Å². The molecule has 2 saturated heterocycles. The van der Waals surface area contributed by atoms with Gasteiger partial charge in [-0.25, -0.2) is 4.79 Å². The minimum absolute atomic E-state index is 0.158. The summed E-state index contributed by atoms with van der Waals surface area (Å²) in [7, 11) is 3.61.